The van der Waals surface area contributed by atoms with Crippen LogP contribution in [0.1, 0.15) is 62.1 Å². The lowest BCUT2D eigenvalue weighted by atomic mass is 9.84. The zero-order valence-corrected chi connectivity index (χ0v) is 41.1. The molecule has 64 heavy (non-hydrogen) atoms. The Morgan fingerprint density at radius 3 is 2.20 bits per heavy atom. The highest BCUT2D eigenvalue weighted by Crippen LogP contribution is 2.46. The molecule has 5 aromatic carbocycles. The first kappa shape index (κ1) is 48.7. The van der Waals surface area contributed by atoms with Gasteiger partial charge in [0.2, 0.25) is 0 Å². The molecule has 1 aliphatic heterocycles. The lowest BCUT2D eigenvalue weighted by molar-refractivity contribution is -0.384. The van der Waals surface area contributed by atoms with Gasteiger partial charge in [-0.05, 0) is 141 Å². The first-order valence-electron chi connectivity index (χ1n) is 21.6. The minimum absolute atomic E-state index is 0.0202. The van der Waals surface area contributed by atoms with Crippen molar-refractivity contribution in [2.75, 3.05) is 49.7 Å². The second-order valence-electron chi connectivity index (χ2n) is 18.2. The molecule has 0 spiro atoms. The number of thioether (sulfide) groups is 1. The van der Waals surface area contributed by atoms with Crippen LogP contribution < -0.4 is 14.9 Å². The van der Waals surface area contributed by atoms with Crippen molar-refractivity contribution in [1.29, 1.82) is 0 Å². The van der Waals surface area contributed by atoms with Gasteiger partial charge in [0.05, 0.1) is 15.9 Å². The number of hydrogen-bond acceptors (Lipinski definition) is 10. The van der Waals surface area contributed by atoms with Crippen LogP contribution in [-0.2, 0) is 14.4 Å². The summed E-state index contributed by atoms with van der Waals surface area (Å²) in [4.78, 5) is 30.1. The van der Waals surface area contributed by atoms with Crippen LogP contribution in [0.25, 0.3) is 11.1 Å². The minimum Gasteiger partial charge on any atom is -0.410 e. The zero-order chi connectivity index (χ0) is 46.2. The van der Waals surface area contributed by atoms with Crippen molar-refractivity contribution >= 4 is 64.7 Å². The maximum absolute atomic E-state index is 13.5. The monoisotopic (exact) mass is 941 g/mol. The van der Waals surface area contributed by atoms with Crippen LogP contribution >= 0.6 is 23.4 Å². The summed E-state index contributed by atoms with van der Waals surface area (Å²) in [5, 5.41) is 16.3. The molecule has 2 N–H and O–H groups in total. The molecule has 0 aliphatic carbocycles. The third-order valence-electron chi connectivity index (χ3n) is 12.3. The molecule has 2 atom stereocenters. The van der Waals surface area contributed by atoms with E-state index in [1.54, 1.807) is 23.9 Å². The summed E-state index contributed by atoms with van der Waals surface area (Å²) < 4.78 is 36.5. The van der Waals surface area contributed by atoms with E-state index >= 15 is 0 Å². The number of benzene rings is 5. The van der Waals surface area contributed by atoms with Crippen molar-refractivity contribution < 1.29 is 22.6 Å². The van der Waals surface area contributed by atoms with Crippen molar-refractivity contribution in [2.24, 2.45) is 5.92 Å². The Kier molecular flexibility index (Phi) is 16.1. The fourth-order valence-corrected chi connectivity index (χ4v) is 11.0. The van der Waals surface area contributed by atoms with Crippen LogP contribution in [0, 0.1) is 16.0 Å². The summed E-state index contributed by atoms with van der Waals surface area (Å²) in [5.74, 6) is 0.0651. The van der Waals surface area contributed by atoms with Crippen LogP contribution in [0.2, 0.25) is 23.2 Å². The van der Waals surface area contributed by atoms with Gasteiger partial charge in [0.1, 0.15) is 5.69 Å². The summed E-state index contributed by atoms with van der Waals surface area (Å²) in [5.41, 5.74) is 4.29. The average molecular weight is 943 g/mol. The smallest absolute Gasteiger partial charge is 0.293 e. The highest BCUT2D eigenvalue weighted by Gasteiger charge is 2.42. The quantitative estimate of drug-likeness (QED) is 0.0378. The van der Waals surface area contributed by atoms with Crippen LogP contribution in [0.5, 0.6) is 0 Å². The Hall–Kier alpha value is -4.70. The number of rotatable bonds is 18. The molecule has 6 rings (SSSR count). The molecule has 5 aromatic rings. The predicted octanol–water partition coefficient (Wildman–Crippen LogP) is 11.5. The lowest BCUT2D eigenvalue weighted by Crippen LogP contribution is -2.45. The molecule has 0 bridgehead atoms. The molecule has 0 saturated carbocycles. The van der Waals surface area contributed by atoms with Gasteiger partial charge in [-0.2, -0.15) is 0 Å². The number of nitrogens with zero attached hydrogens (tertiary/aromatic N) is 3. The number of carbonyl (C=O) groups is 1. The Balaban J connectivity index is 1.12. The lowest BCUT2D eigenvalue weighted by Gasteiger charge is -2.44. The van der Waals surface area contributed by atoms with Gasteiger partial charge in [0.15, 0.2) is 8.32 Å². The van der Waals surface area contributed by atoms with E-state index in [1.165, 1.54) is 17.7 Å². The summed E-state index contributed by atoms with van der Waals surface area (Å²) >= 11 is 7.90. The number of nitro benzene ring substituents is 1. The first-order chi connectivity index (χ1) is 30.3. The van der Waals surface area contributed by atoms with Crippen molar-refractivity contribution in [3.8, 4) is 11.1 Å². The van der Waals surface area contributed by atoms with Crippen LogP contribution in [0.3, 0.4) is 0 Å². The second-order valence-corrected chi connectivity index (χ2v) is 26.2. The molecule has 0 radical (unpaired) electrons. The molecule has 1 heterocycles. The van der Waals surface area contributed by atoms with E-state index in [2.05, 4.69) is 85.2 Å². The van der Waals surface area contributed by atoms with E-state index in [-0.39, 0.29) is 39.2 Å². The van der Waals surface area contributed by atoms with Crippen LogP contribution in [0.15, 0.2) is 131 Å². The van der Waals surface area contributed by atoms with Gasteiger partial charge >= 0.3 is 0 Å². The second kappa shape index (κ2) is 21.1. The highest BCUT2D eigenvalue weighted by atomic mass is 35.5. The van der Waals surface area contributed by atoms with Gasteiger partial charge < -0.3 is 19.5 Å². The largest absolute Gasteiger partial charge is 0.410 e. The van der Waals surface area contributed by atoms with Gasteiger partial charge in [-0.3, -0.25) is 14.9 Å². The molecule has 1 aliphatic rings. The molecular weight excluding hydrogens is 882 g/mol. The normalized spacial score (nSPS) is 14.9. The predicted molar refractivity (Wildman–Crippen MR) is 265 cm³/mol. The molecule has 340 valence electrons. The Bertz CT molecular complexity index is 2480. The van der Waals surface area contributed by atoms with Gasteiger partial charge in [0, 0.05) is 52.1 Å². The zero-order valence-electron chi connectivity index (χ0n) is 37.7. The highest BCUT2D eigenvalue weighted by molar-refractivity contribution is 7.99. The van der Waals surface area contributed by atoms with Crippen LogP contribution in [-0.4, -0.2) is 78.0 Å². The van der Waals surface area contributed by atoms with E-state index < -0.39 is 34.9 Å². The summed E-state index contributed by atoms with van der Waals surface area (Å²) in [6.07, 6.45) is 2.37. The van der Waals surface area contributed by atoms with Gasteiger partial charge in [-0.25, -0.2) is 13.1 Å². The fourth-order valence-electron chi connectivity index (χ4n) is 7.57. The van der Waals surface area contributed by atoms with Gasteiger partial charge in [-0.1, -0.05) is 87.0 Å². The molecule has 11 nitrogen and oxygen atoms in total. The number of hydrogen-bond donors (Lipinski definition) is 2. The Morgan fingerprint density at radius 1 is 0.938 bits per heavy atom. The number of amides is 1. The maximum atomic E-state index is 13.5. The molecule has 0 aromatic heterocycles. The maximum Gasteiger partial charge on any atom is 0.293 e. The topological polar surface area (TPSA) is 134 Å². The van der Waals surface area contributed by atoms with E-state index in [9.17, 15) is 23.3 Å². The first-order valence-corrected chi connectivity index (χ1v) is 27.4. The minimum atomic E-state index is -4.46. The summed E-state index contributed by atoms with van der Waals surface area (Å²) in [6.45, 7) is 13.7. The number of anilines is 2. The van der Waals surface area contributed by atoms with Gasteiger partial charge in [0.25, 0.3) is 21.6 Å². The van der Waals surface area contributed by atoms with Crippen LogP contribution in [0.4, 0.5) is 17.1 Å². The number of piperidine rings is 1. The van der Waals surface area contributed by atoms with Crippen molar-refractivity contribution in [3.05, 3.63) is 148 Å². The Labute approximate surface area is 389 Å². The molecule has 1 fully saturated rings. The van der Waals surface area contributed by atoms with E-state index in [1.807, 2.05) is 73.6 Å². The van der Waals surface area contributed by atoms with E-state index in [0.29, 0.717) is 17.2 Å². The van der Waals surface area contributed by atoms with Crippen molar-refractivity contribution in [2.45, 2.75) is 80.1 Å². The molecular formula is C49H60ClN5O6S2Si. The molecule has 1 amide bonds. The van der Waals surface area contributed by atoms with Crippen molar-refractivity contribution in [3.63, 3.8) is 0 Å². The number of halogens is 1. The van der Waals surface area contributed by atoms with E-state index in [0.717, 1.165) is 60.3 Å². The third-order valence-corrected chi connectivity index (χ3v) is 19.5. The third kappa shape index (κ3) is 12.5. The number of nitrogens with one attached hydrogen (secondary N) is 2. The standard InChI is InChI=1S/C49H60ClN5O6S2Si/c1-49(2,3)64(6,7)61-47(44-16-12-11-15-43(44)35-17-21-38(50)22-18-35)36-27-31-54(32-28-36)40-23-19-37(20-24-40)48(56)52-63(59,60)42-25-26-45(46(33-42)55(57)58)51-39(29-30-53(4)5)34-62-41-13-9-8-10-14-41/h8-26,33,36,39,47,51H,27-32,34H2,1-7H3,(H,52,56)/t39?,47-/m1/s1. The number of nitro groups is 1. The summed E-state index contributed by atoms with van der Waals surface area (Å²) in [6, 6.07) is 36.7. The summed E-state index contributed by atoms with van der Waals surface area (Å²) in [7, 11) is -2.73. The Morgan fingerprint density at radius 2 is 1.58 bits per heavy atom. The number of sulfonamides is 1. The fraction of sp³-hybridized carbons (Fsp3) is 0.367. The number of carbonyl (C=O) groups excluding carboxylic acids is 1. The van der Waals surface area contributed by atoms with Crippen molar-refractivity contribution in [1.82, 2.24) is 9.62 Å². The van der Waals surface area contributed by atoms with Gasteiger partial charge in [-0.15, -0.1) is 11.8 Å². The molecule has 1 unspecified atom stereocenters. The SMILES string of the molecule is CN(C)CCC(CSc1ccccc1)Nc1ccc(S(=O)(=O)NC(=O)c2ccc(N3CCC([C@@H](O[Si](C)(C)C(C)(C)C)c4ccccc4-c4ccc(Cl)cc4)CC3)cc2)cc1[N+](=O)[O-]. The molecule has 15 heteroatoms. The average Bonchev–Trinajstić information content (AvgIpc) is 3.26. The molecule has 1 saturated heterocycles. The van der Waals surface area contributed by atoms with E-state index in [4.69, 9.17) is 16.0 Å².